The lowest BCUT2D eigenvalue weighted by molar-refractivity contribution is 0.0715. The SMILES string of the molecule is O=C(NCC1(CO)CCCCC1)c1nc(Cl)ccc1Cl. The lowest BCUT2D eigenvalue weighted by Gasteiger charge is -2.35. The van der Waals surface area contributed by atoms with Crippen molar-refractivity contribution in [2.45, 2.75) is 32.1 Å². The van der Waals surface area contributed by atoms with E-state index >= 15 is 0 Å². The Labute approximate surface area is 128 Å². The number of pyridine rings is 1. The highest BCUT2D eigenvalue weighted by Crippen LogP contribution is 2.35. The molecule has 20 heavy (non-hydrogen) atoms. The molecule has 4 nitrogen and oxygen atoms in total. The molecule has 1 aromatic heterocycles. The van der Waals surface area contributed by atoms with E-state index < -0.39 is 0 Å². The van der Waals surface area contributed by atoms with Gasteiger partial charge in [0.15, 0.2) is 0 Å². The fourth-order valence-corrected chi connectivity index (χ4v) is 2.96. The fraction of sp³-hybridized carbons (Fsp3) is 0.571. The number of amides is 1. The summed E-state index contributed by atoms with van der Waals surface area (Å²) in [5.74, 6) is -0.351. The molecule has 1 aliphatic rings. The van der Waals surface area contributed by atoms with E-state index in [0.29, 0.717) is 6.54 Å². The zero-order chi connectivity index (χ0) is 14.6. The molecule has 0 aliphatic heterocycles. The summed E-state index contributed by atoms with van der Waals surface area (Å²) in [5.41, 5.74) is -0.0815. The standard InChI is InChI=1S/C14H18Cl2N2O2/c15-10-4-5-11(16)18-12(10)13(20)17-8-14(9-19)6-2-1-3-7-14/h4-5,19H,1-3,6-9H2,(H,17,20). The van der Waals surface area contributed by atoms with Gasteiger partial charge in [-0.3, -0.25) is 4.79 Å². The summed E-state index contributed by atoms with van der Waals surface area (Å²) in [5, 5.41) is 12.9. The normalized spacial score (nSPS) is 17.8. The zero-order valence-corrected chi connectivity index (χ0v) is 12.7. The molecule has 2 N–H and O–H groups in total. The Bertz CT molecular complexity index is 488. The molecule has 0 unspecified atom stereocenters. The van der Waals surface area contributed by atoms with Crippen molar-refractivity contribution in [3.8, 4) is 0 Å². The van der Waals surface area contributed by atoms with Gasteiger partial charge in [-0.2, -0.15) is 0 Å². The number of aliphatic hydroxyl groups is 1. The van der Waals surface area contributed by atoms with Crippen molar-refractivity contribution in [2.75, 3.05) is 13.2 Å². The molecule has 0 spiro atoms. The largest absolute Gasteiger partial charge is 0.396 e. The third-order valence-electron chi connectivity index (χ3n) is 3.90. The first-order chi connectivity index (χ1) is 9.56. The van der Waals surface area contributed by atoms with Crippen LogP contribution in [0.25, 0.3) is 0 Å². The minimum absolute atomic E-state index is 0.0873. The number of rotatable bonds is 4. The van der Waals surface area contributed by atoms with Gasteiger partial charge in [-0.15, -0.1) is 0 Å². The summed E-state index contributed by atoms with van der Waals surface area (Å²) < 4.78 is 0. The monoisotopic (exact) mass is 316 g/mol. The summed E-state index contributed by atoms with van der Waals surface area (Å²) in [6, 6.07) is 3.09. The van der Waals surface area contributed by atoms with Crippen molar-refractivity contribution in [1.82, 2.24) is 10.3 Å². The van der Waals surface area contributed by atoms with Crippen molar-refractivity contribution in [3.05, 3.63) is 28.0 Å². The molecular weight excluding hydrogens is 299 g/mol. The first-order valence-corrected chi connectivity index (χ1v) is 7.53. The van der Waals surface area contributed by atoms with Crippen LogP contribution in [0.2, 0.25) is 10.2 Å². The topological polar surface area (TPSA) is 62.2 Å². The molecule has 110 valence electrons. The average Bonchev–Trinajstić information content (AvgIpc) is 2.48. The average molecular weight is 317 g/mol. The van der Waals surface area contributed by atoms with E-state index in [0.717, 1.165) is 25.7 Å². The molecule has 0 saturated heterocycles. The summed E-state index contributed by atoms with van der Waals surface area (Å²) in [6.07, 6.45) is 5.23. The second kappa shape index (κ2) is 6.74. The van der Waals surface area contributed by atoms with Crippen molar-refractivity contribution < 1.29 is 9.90 Å². The maximum atomic E-state index is 12.1. The molecule has 0 aromatic carbocycles. The highest BCUT2D eigenvalue weighted by Gasteiger charge is 2.32. The highest BCUT2D eigenvalue weighted by molar-refractivity contribution is 6.34. The number of carbonyl (C=O) groups excluding carboxylic acids is 1. The number of nitrogens with one attached hydrogen (secondary N) is 1. The Morgan fingerprint density at radius 3 is 2.65 bits per heavy atom. The van der Waals surface area contributed by atoms with Gasteiger partial charge in [0.25, 0.3) is 5.91 Å². The van der Waals surface area contributed by atoms with Crippen LogP contribution in [0, 0.1) is 5.41 Å². The molecule has 1 aromatic rings. The third kappa shape index (κ3) is 3.62. The molecule has 1 fully saturated rings. The Balaban J connectivity index is 2.02. The number of hydrogen-bond donors (Lipinski definition) is 2. The minimum atomic E-state index is -0.351. The molecule has 1 amide bonds. The number of halogens is 2. The Kier molecular flexibility index (Phi) is 5.24. The van der Waals surface area contributed by atoms with Crippen LogP contribution in [-0.2, 0) is 0 Å². The fourth-order valence-electron chi connectivity index (χ4n) is 2.62. The second-order valence-electron chi connectivity index (χ2n) is 5.37. The van der Waals surface area contributed by atoms with Crippen LogP contribution in [0.5, 0.6) is 0 Å². The number of aliphatic hydroxyl groups excluding tert-OH is 1. The number of nitrogens with zero attached hydrogens (tertiary/aromatic N) is 1. The second-order valence-corrected chi connectivity index (χ2v) is 6.16. The molecular formula is C14H18Cl2N2O2. The van der Waals surface area contributed by atoms with Gasteiger partial charge >= 0.3 is 0 Å². The van der Waals surface area contributed by atoms with E-state index in [1.807, 2.05) is 0 Å². The first kappa shape index (κ1) is 15.5. The molecule has 1 saturated carbocycles. The minimum Gasteiger partial charge on any atom is -0.396 e. The lowest BCUT2D eigenvalue weighted by atomic mass is 9.74. The van der Waals surface area contributed by atoms with Crippen molar-refractivity contribution in [3.63, 3.8) is 0 Å². The van der Waals surface area contributed by atoms with Crippen molar-refractivity contribution in [2.24, 2.45) is 5.41 Å². The summed E-state index contributed by atoms with van der Waals surface area (Å²) >= 11 is 11.7. The van der Waals surface area contributed by atoms with Gasteiger partial charge in [-0.05, 0) is 25.0 Å². The van der Waals surface area contributed by atoms with E-state index in [2.05, 4.69) is 10.3 Å². The van der Waals surface area contributed by atoms with E-state index in [9.17, 15) is 9.90 Å². The third-order valence-corrected chi connectivity index (χ3v) is 4.42. The van der Waals surface area contributed by atoms with E-state index in [4.69, 9.17) is 23.2 Å². The summed E-state index contributed by atoms with van der Waals surface area (Å²) in [7, 11) is 0. The Morgan fingerprint density at radius 2 is 2.00 bits per heavy atom. The van der Waals surface area contributed by atoms with Crippen LogP contribution in [0.1, 0.15) is 42.6 Å². The smallest absolute Gasteiger partial charge is 0.271 e. The van der Waals surface area contributed by atoms with Gasteiger partial charge in [0.1, 0.15) is 10.8 Å². The molecule has 1 heterocycles. The highest BCUT2D eigenvalue weighted by atomic mass is 35.5. The quantitative estimate of drug-likeness (QED) is 0.839. The van der Waals surface area contributed by atoms with Crippen LogP contribution in [-0.4, -0.2) is 29.1 Å². The summed E-state index contributed by atoms with van der Waals surface area (Å²) in [4.78, 5) is 16.1. The van der Waals surface area contributed by atoms with Crippen LogP contribution in [0.4, 0.5) is 0 Å². The van der Waals surface area contributed by atoms with Crippen molar-refractivity contribution >= 4 is 29.1 Å². The molecule has 0 bridgehead atoms. The van der Waals surface area contributed by atoms with Crippen LogP contribution in [0.3, 0.4) is 0 Å². The maximum Gasteiger partial charge on any atom is 0.271 e. The molecule has 2 rings (SSSR count). The molecule has 0 atom stereocenters. The van der Waals surface area contributed by atoms with Gasteiger partial charge in [0, 0.05) is 12.0 Å². The first-order valence-electron chi connectivity index (χ1n) is 6.77. The Morgan fingerprint density at radius 1 is 1.30 bits per heavy atom. The van der Waals surface area contributed by atoms with E-state index in [1.54, 1.807) is 6.07 Å². The molecule has 6 heteroatoms. The summed E-state index contributed by atoms with van der Waals surface area (Å²) in [6.45, 7) is 0.525. The van der Waals surface area contributed by atoms with Crippen LogP contribution >= 0.6 is 23.2 Å². The Hall–Kier alpha value is -0.840. The van der Waals surface area contributed by atoms with Crippen LogP contribution in [0.15, 0.2) is 12.1 Å². The molecule has 0 radical (unpaired) electrons. The maximum absolute atomic E-state index is 12.1. The number of hydrogen-bond acceptors (Lipinski definition) is 3. The van der Waals surface area contributed by atoms with E-state index in [1.165, 1.54) is 12.5 Å². The number of carbonyl (C=O) groups is 1. The van der Waals surface area contributed by atoms with Gasteiger partial charge in [-0.1, -0.05) is 42.5 Å². The number of aromatic nitrogens is 1. The predicted octanol–water partition coefficient (Wildman–Crippen LogP) is 3.06. The van der Waals surface area contributed by atoms with Crippen molar-refractivity contribution in [1.29, 1.82) is 0 Å². The predicted molar refractivity (Wildman–Crippen MR) is 79.2 cm³/mol. The van der Waals surface area contributed by atoms with Gasteiger partial charge in [-0.25, -0.2) is 4.98 Å². The lowest BCUT2D eigenvalue weighted by Crippen LogP contribution is -2.41. The van der Waals surface area contributed by atoms with Gasteiger partial charge in [0.05, 0.1) is 11.6 Å². The zero-order valence-electron chi connectivity index (χ0n) is 11.2. The molecule has 1 aliphatic carbocycles. The van der Waals surface area contributed by atoms with E-state index in [-0.39, 0.29) is 33.8 Å². The van der Waals surface area contributed by atoms with Gasteiger partial charge in [0.2, 0.25) is 0 Å². The van der Waals surface area contributed by atoms with Crippen LogP contribution < -0.4 is 5.32 Å². The van der Waals surface area contributed by atoms with Gasteiger partial charge < -0.3 is 10.4 Å².